The highest BCUT2D eigenvalue weighted by Gasteiger charge is 2.25. The van der Waals surface area contributed by atoms with Crippen LogP contribution in [0.25, 0.3) is 0 Å². The van der Waals surface area contributed by atoms with Crippen LogP contribution >= 0.6 is 22.6 Å². The smallest absolute Gasteiger partial charge is 0.326 e. The van der Waals surface area contributed by atoms with Gasteiger partial charge in [-0.3, -0.25) is 9.59 Å². The standard InChI is InChI=1S/C19H24IN3O8/c20-11-6-4-10(5-7-11)16(26)12(21)2-1-3-13(17(27)28)22-19(31)23-14(18(29)30)8-9-15(24)25/h4-7,12-14H,1-3,8-9,21H2,(H,24,25)(H,27,28)(H,29,30)(H2,22,23,31). The van der Waals surface area contributed by atoms with E-state index in [0.29, 0.717) is 5.56 Å². The number of amides is 2. The average molecular weight is 549 g/mol. The Morgan fingerprint density at radius 1 is 0.871 bits per heavy atom. The van der Waals surface area contributed by atoms with Crippen LogP contribution in [0.3, 0.4) is 0 Å². The molecule has 31 heavy (non-hydrogen) atoms. The number of rotatable bonds is 13. The summed E-state index contributed by atoms with van der Waals surface area (Å²) in [6.07, 6.45) is -0.467. The Morgan fingerprint density at radius 2 is 1.39 bits per heavy atom. The van der Waals surface area contributed by atoms with Crippen LogP contribution in [0.4, 0.5) is 4.79 Å². The number of hydrogen-bond donors (Lipinski definition) is 6. The molecule has 170 valence electrons. The maximum absolute atomic E-state index is 12.3. The van der Waals surface area contributed by atoms with Crippen molar-refractivity contribution in [3.63, 3.8) is 0 Å². The fourth-order valence-corrected chi connectivity index (χ4v) is 3.00. The number of benzene rings is 1. The highest BCUT2D eigenvalue weighted by atomic mass is 127. The van der Waals surface area contributed by atoms with Crippen LogP contribution in [0, 0.1) is 3.57 Å². The van der Waals surface area contributed by atoms with Gasteiger partial charge < -0.3 is 31.7 Å². The number of carbonyl (C=O) groups is 5. The number of urea groups is 1. The lowest BCUT2D eigenvalue weighted by atomic mass is 9.99. The molecule has 0 aliphatic heterocycles. The zero-order valence-corrected chi connectivity index (χ0v) is 18.6. The van der Waals surface area contributed by atoms with Crippen molar-refractivity contribution in [2.24, 2.45) is 5.73 Å². The molecule has 11 nitrogen and oxygen atoms in total. The Morgan fingerprint density at radius 3 is 1.87 bits per heavy atom. The van der Waals surface area contributed by atoms with Crippen LogP contribution in [-0.4, -0.2) is 63.2 Å². The molecule has 3 atom stereocenters. The fourth-order valence-electron chi connectivity index (χ4n) is 2.64. The number of ketones is 1. The van der Waals surface area contributed by atoms with Crippen molar-refractivity contribution < 1.29 is 39.3 Å². The van der Waals surface area contributed by atoms with E-state index in [0.717, 1.165) is 3.57 Å². The maximum atomic E-state index is 12.3. The lowest BCUT2D eigenvalue weighted by molar-refractivity contribution is -0.140. The number of hydrogen-bond acceptors (Lipinski definition) is 6. The quantitative estimate of drug-likeness (QED) is 0.154. The van der Waals surface area contributed by atoms with E-state index in [1.807, 2.05) is 5.32 Å². The van der Waals surface area contributed by atoms with Crippen molar-refractivity contribution >= 4 is 52.3 Å². The van der Waals surface area contributed by atoms with Crippen LogP contribution in [0.2, 0.25) is 0 Å². The van der Waals surface area contributed by atoms with Gasteiger partial charge in [-0.2, -0.15) is 0 Å². The topological polar surface area (TPSA) is 196 Å². The molecule has 1 aromatic carbocycles. The predicted molar refractivity (Wildman–Crippen MR) is 117 cm³/mol. The van der Waals surface area contributed by atoms with Crippen molar-refractivity contribution in [1.29, 1.82) is 0 Å². The summed E-state index contributed by atoms with van der Waals surface area (Å²) >= 11 is 2.10. The molecule has 0 aliphatic rings. The van der Waals surface area contributed by atoms with Gasteiger partial charge in [0.1, 0.15) is 12.1 Å². The van der Waals surface area contributed by atoms with E-state index in [1.54, 1.807) is 24.3 Å². The number of Topliss-reactive ketones (excluding diaryl/α,β-unsaturated/α-hetero) is 1. The summed E-state index contributed by atoms with van der Waals surface area (Å²) in [6.45, 7) is 0. The first-order valence-electron chi connectivity index (χ1n) is 9.31. The van der Waals surface area contributed by atoms with Crippen LogP contribution in [0.15, 0.2) is 24.3 Å². The van der Waals surface area contributed by atoms with E-state index < -0.39 is 48.5 Å². The molecule has 0 aromatic heterocycles. The number of halogens is 1. The van der Waals surface area contributed by atoms with Crippen LogP contribution in [-0.2, 0) is 14.4 Å². The average Bonchev–Trinajstić information content (AvgIpc) is 2.69. The van der Waals surface area contributed by atoms with Gasteiger partial charge in [-0.05, 0) is 60.4 Å². The fraction of sp³-hybridized carbons (Fsp3) is 0.421. The molecule has 0 saturated heterocycles. The normalized spacial score (nSPS) is 13.5. The molecular weight excluding hydrogens is 525 g/mol. The Hall–Kier alpha value is -2.74. The van der Waals surface area contributed by atoms with Gasteiger partial charge in [-0.15, -0.1) is 0 Å². The molecule has 0 heterocycles. The van der Waals surface area contributed by atoms with Gasteiger partial charge in [-0.1, -0.05) is 12.1 Å². The predicted octanol–water partition coefficient (Wildman–Crippen LogP) is 1.04. The molecule has 12 heteroatoms. The zero-order chi connectivity index (χ0) is 23.6. The summed E-state index contributed by atoms with van der Waals surface area (Å²) in [7, 11) is 0. The second kappa shape index (κ2) is 12.8. The molecule has 3 unspecified atom stereocenters. The molecule has 2 amide bonds. The first-order chi connectivity index (χ1) is 14.5. The van der Waals surface area contributed by atoms with E-state index in [-0.39, 0.29) is 31.5 Å². The van der Waals surface area contributed by atoms with Crippen LogP contribution < -0.4 is 16.4 Å². The second-order valence-corrected chi connectivity index (χ2v) is 7.99. The van der Waals surface area contributed by atoms with Crippen LogP contribution in [0.1, 0.15) is 42.5 Å². The van der Waals surface area contributed by atoms with Crippen molar-refractivity contribution in [3.05, 3.63) is 33.4 Å². The molecule has 0 radical (unpaired) electrons. The zero-order valence-electron chi connectivity index (χ0n) is 16.4. The van der Waals surface area contributed by atoms with Crippen molar-refractivity contribution in [2.45, 2.75) is 50.2 Å². The van der Waals surface area contributed by atoms with E-state index in [4.69, 9.17) is 15.9 Å². The number of carbonyl (C=O) groups excluding carboxylic acids is 2. The summed E-state index contributed by atoms with van der Waals surface area (Å²) < 4.78 is 0.962. The molecule has 0 bridgehead atoms. The number of carboxylic acids is 3. The van der Waals surface area contributed by atoms with Gasteiger partial charge in [0.05, 0.1) is 6.04 Å². The van der Waals surface area contributed by atoms with E-state index >= 15 is 0 Å². The van der Waals surface area contributed by atoms with Gasteiger partial charge in [-0.25, -0.2) is 14.4 Å². The first-order valence-corrected chi connectivity index (χ1v) is 10.4. The minimum Gasteiger partial charge on any atom is -0.481 e. The Balaban J connectivity index is 2.56. The molecular formula is C19H24IN3O8. The van der Waals surface area contributed by atoms with E-state index in [9.17, 15) is 29.1 Å². The van der Waals surface area contributed by atoms with Gasteiger partial charge in [0, 0.05) is 15.6 Å². The minimum atomic E-state index is -1.48. The van der Waals surface area contributed by atoms with Crippen molar-refractivity contribution in [3.8, 4) is 0 Å². The van der Waals surface area contributed by atoms with Crippen molar-refractivity contribution in [2.75, 3.05) is 0 Å². The summed E-state index contributed by atoms with van der Waals surface area (Å²) in [5, 5.41) is 31.1. The summed E-state index contributed by atoms with van der Waals surface area (Å²) in [6, 6.07) is 2.13. The third-order valence-corrected chi connectivity index (χ3v) is 5.05. The molecule has 0 spiro atoms. The number of nitrogens with two attached hydrogens (primary N) is 1. The summed E-state index contributed by atoms with van der Waals surface area (Å²) in [4.78, 5) is 57.4. The third kappa shape index (κ3) is 9.74. The van der Waals surface area contributed by atoms with Gasteiger partial charge in [0.25, 0.3) is 0 Å². The Kier molecular flexibility index (Phi) is 10.9. The first kappa shape index (κ1) is 26.3. The molecule has 0 saturated carbocycles. The SMILES string of the molecule is NC(CCCC(NC(=O)NC(CCC(=O)O)C(=O)O)C(=O)O)C(=O)c1ccc(I)cc1. The van der Waals surface area contributed by atoms with E-state index in [2.05, 4.69) is 27.9 Å². The third-order valence-electron chi connectivity index (χ3n) is 4.33. The highest BCUT2D eigenvalue weighted by Crippen LogP contribution is 2.12. The maximum Gasteiger partial charge on any atom is 0.326 e. The van der Waals surface area contributed by atoms with Crippen LogP contribution in [0.5, 0.6) is 0 Å². The molecule has 1 aromatic rings. The minimum absolute atomic E-state index is 0.0384. The second-order valence-electron chi connectivity index (χ2n) is 6.74. The molecule has 1 rings (SSSR count). The highest BCUT2D eigenvalue weighted by molar-refractivity contribution is 14.1. The lowest BCUT2D eigenvalue weighted by Gasteiger charge is -2.19. The Bertz CT molecular complexity index is 815. The van der Waals surface area contributed by atoms with Gasteiger partial charge in [0.2, 0.25) is 0 Å². The summed E-state index contributed by atoms with van der Waals surface area (Å²) in [5.74, 6) is -4.29. The molecule has 7 N–H and O–H groups in total. The number of aliphatic carboxylic acids is 3. The van der Waals surface area contributed by atoms with Crippen molar-refractivity contribution in [1.82, 2.24) is 10.6 Å². The Labute approximate surface area is 191 Å². The lowest BCUT2D eigenvalue weighted by Crippen LogP contribution is -2.51. The largest absolute Gasteiger partial charge is 0.481 e. The molecule has 0 aliphatic carbocycles. The molecule has 0 fully saturated rings. The van der Waals surface area contributed by atoms with Gasteiger partial charge in [0.15, 0.2) is 5.78 Å². The number of nitrogens with one attached hydrogen (secondary N) is 2. The van der Waals surface area contributed by atoms with E-state index in [1.165, 1.54) is 0 Å². The number of carboxylic acid groups (broad SMARTS) is 3. The summed E-state index contributed by atoms with van der Waals surface area (Å²) in [5.41, 5.74) is 6.34. The van der Waals surface area contributed by atoms with Gasteiger partial charge >= 0.3 is 23.9 Å². The monoisotopic (exact) mass is 549 g/mol.